The average Bonchev–Trinajstić information content (AvgIpc) is 2.79. The topological polar surface area (TPSA) is 73.4 Å². The number of rotatable bonds is 6. The molecule has 0 atom stereocenters. The van der Waals surface area contributed by atoms with Gasteiger partial charge in [-0.25, -0.2) is 0 Å². The van der Waals surface area contributed by atoms with Crippen molar-refractivity contribution < 1.29 is 9.53 Å². The van der Waals surface area contributed by atoms with Crippen molar-refractivity contribution in [1.82, 2.24) is 14.7 Å². The van der Waals surface area contributed by atoms with Gasteiger partial charge in [-0.2, -0.15) is 5.10 Å². The Hall–Kier alpha value is -1.08. The molecule has 1 amide bonds. The van der Waals surface area contributed by atoms with E-state index in [1.807, 2.05) is 11.8 Å². The summed E-state index contributed by atoms with van der Waals surface area (Å²) in [6, 6.07) is 0. The third-order valence-corrected chi connectivity index (χ3v) is 4.49. The SMILES string of the molecule is Cc1nn(C)c(Cl)c1/C=C/C(=O)N1CCC(OCCCN)CC1.Cl. The van der Waals surface area contributed by atoms with Crippen LogP contribution in [0.15, 0.2) is 6.08 Å². The van der Waals surface area contributed by atoms with Crippen LogP contribution >= 0.6 is 24.0 Å². The molecule has 0 unspecified atom stereocenters. The summed E-state index contributed by atoms with van der Waals surface area (Å²) in [6.45, 7) is 4.67. The maximum atomic E-state index is 12.3. The van der Waals surface area contributed by atoms with Gasteiger partial charge in [0.2, 0.25) is 5.91 Å². The Balaban J connectivity index is 0.00000288. The van der Waals surface area contributed by atoms with E-state index in [1.54, 1.807) is 23.9 Å². The minimum atomic E-state index is 0. The zero-order chi connectivity index (χ0) is 16.8. The number of hydrogen-bond acceptors (Lipinski definition) is 4. The molecule has 1 fully saturated rings. The lowest BCUT2D eigenvalue weighted by molar-refractivity contribution is -0.128. The predicted molar refractivity (Wildman–Crippen MR) is 98.5 cm³/mol. The van der Waals surface area contributed by atoms with Crippen LogP contribution in [0.2, 0.25) is 5.15 Å². The summed E-state index contributed by atoms with van der Waals surface area (Å²) < 4.78 is 7.35. The van der Waals surface area contributed by atoms with Crippen molar-refractivity contribution in [3.8, 4) is 0 Å². The third kappa shape index (κ3) is 5.48. The minimum absolute atomic E-state index is 0. The second-order valence-corrected chi connectivity index (χ2v) is 6.14. The summed E-state index contributed by atoms with van der Waals surface area (Å²) in [6.07, 6.45) is 6.19. The summed E-state index contributed by atoms with van der Waals surface area (Å²) in [5, 5.41) is 4.77. The number of nitrogens with zero attached hydrogens (tertiary/aromatic N) is 3. The van der Waals surface area contributed by atoms with Crippen LogP contribution in [0.4, 0.5) is 0 Å². The molecule has 6 nitrogen and oxygen atoms in total. The van der Waals surface area contributed by atoms with E-state index in [0.29, 0.717) is 18.3 Å². The van der Waals surface area contributed by atoms with E-state index >= 15 is 0 Å². The Morgan fingerprint density at radius 1 is 1.46 bits per heavy atom. The van der Waals surface area contributed by atoms with E-state index in [4.69, 9.17) is 22.1 Å². The summed E-state index contributed by atoms with van der Waals surface area (Å²) in [5.41, 5.74) is 7.06. The number of carbonyl (C=O) groups excluding carboxylic acids is 1. The molecule has 2 N–H and O–H groups in total. The van der Waals surface area contributed by atoms with E-state index in [1.165, 1.54) is 0 Å². The van der Waals surface area contributed by atoms with E-state index in [0.717, 1.165) is 43.6 Å². The maximum absolute atomic E-state index is 12.3. The number of aromatic nitrogens is 2. The zero-order valence-electron chi connectivity index (χ0n) is 14.2. The molecule has 0 aromatic carbocycles. The molecule has 24 heavy (non-hydrogen) atoms. The van der Waals surface area contributed by atoms with Gasteiger partial charge in [-0.15, -0.1) is 12.4 Å². The molecule has 1 aromatic rings. The first-order valence-electron chi connectivity index (χ1n) is 8.00. The predicted octanol–water partition coefficient (Wildman–Crippen LogP) is 2.17. The number of amides is 1. The summed E-state index contributed by atoms with van der Waals surface area (Å²) in [5.74, 6) is 0.00438. The molecule has 0 bridgehead atoms. The monoisotopic (exact) mass is 376 g/mol. The number of aryl methyl sites for hydroxylation is 2. The Bertz CT molecular complexity index is 567. The molecule has 136 valence electrons. The third-order valence-electron chi connectivity index (χ3n) is 4.04. The van der Waals surface area contributed by atoms with Gasteiger partial charge in [-0.3, -0.25) is 9.48 Å². The van der Waals surface area contributed by atoms with Crippen LogP contribution in [-0.2, 0) is 16.6 Å². The van der Waals surface area contributed by atoms with Crippen LogP contribution in [0.3, 0.4) is 0 Å². The van der Waals surface area contributed by atoms with Gasteiger partial charge in [0.25, 0.3) is 0 Å². The van der Waals surface area contributed by atoms with Crippen LogP contribution in [0, 0.1) is 6.92 Å². The Kier molecular flexibility index (Phi) is 8.76. The van der Waals surface area contributed by atoms with Crippen LogP contribution in [-0.4, -0.2) is 52.9 Å². The molecule has 1 saturated heterocycles. The quantitative estimate of drug-likeness (QED) is 0.609. The fourth-order valence-electron chi connectivity index (χ4n) is 2.67. The van der Waals surface area contributed by atoms with Gasteiger partial charge in [0, 0.05) is 38.4 Å². The van der Waals surface area contributed by atoms with Gasteiger partial charge >= 0.3 is 0 Å². The number of nitrogens with two attached hydrogens (primary N) is 1. The van der Waals surface area contributed by atoms with Gasteiger partial charge in [0.05, 0.1) is 11.8 Å². The molecule has 0 aliphatic carbocycles. The summed E-state index contributed by atoms with van der Waals surface area (Å²) in [4.78, 5) is 14.1. The maximum Gasteiger partial charge on any atom is 0.246 e. The largest absolute Gasteiger partial charge is 0.378 e. The van der Waals surface area contributed by atoms with Crippen molar-refractivity contribution in [2.45, 2.75) is 32.3 Å². The zero-order valence-corrected chi connectivity index (χ0v) is 15.8. The molecule has 0 saturated carbocycles. The highest BCUT2D eigenvalue weighted by Crippen LogP contribution is 2.20. The van der Waals surface area contributed by atoms with Gasteiger partial charge in [-0.1, -0.05) is 11.6 Å². The molecule has 1 aromatic heterocycles. The summed E-state index contributed by atoms with van der Waals surface area (Å²) >= 11 is 6.16. The summed E-state index contributed by atoms with van der Waals surface area (Å²) in [7, 11) is 1.78. The Labute approximate surface area is 154 Å². The first-order chi connectivity index (χ1) is 11.0. The normalized spacial score (nSPS) is 15.8. The smallest absolute Gasteiger partial charge is 0.246 e. The Morgan fingerprint density at radius 3 is 2.67 bits per heavy atom. The van der Waals surface area contributed by atoms with Gasteiger partial charge < -0.3 is 15.4 Å². The number of likely N-dealkylation sites (tertiary alicyclic amines) is 1. The number of halogens is 2. The highest BCUT2D eigenvalue weighted by atomic mass is 35.5. The molecule has 2 heterocycles. The minimum Gasteiger partial charge on any atom is -0.378 e. The molecule has 1 aliphatic heterocycles. The van der Waals surface area contributed by atoms with Crippen LogP contribution in [0.1, 0.15) is 30.5 Å². The molecule has 1 aliphatic rings. The van der Waals surface area contributed by atoms with E-state index in [2.05, 4.69) is 5.10 Å². The molecular formula is C16H26Cl2N4O2. The highest BCUT2D eigenvalue weighted by molar-refractivity contribution is 6.31. The number of hydrogen-bond donors (Lipinski definition) is 1. The average molecular weight is 377 g/mol. The molecular weight excluding hydrogens is 351 g/mol. The lowest BCUT2D eigenvalue weighted by Gasteiger charge is -2.31. The standard InChI is InChI=1S/C16H25ClN4O2.ClH/c1-12-14(16(17)20(2)19-12)4-5-15(22)21-9-6-13(7-10-21)23-11-3-8-18;/h4-5,13H,3,6-11,18H2,1-2H3;1H/b5-4+;. The van der Waals surface area contributed by atoms with Crippen molar-refractivity contribution in [2.75, 3.05) is 26.2 Å². The fraction of sp³-hybridized carbons (Fsp3) is 0.625. The second-order valence-electron chi connectivity index (χ2n) is 5.78. The lowest BCUT2D eigenvalue weighted by Crippen LogP contribution is -2.40. The van der Waals surface area contributed by atoms with Gasteiger partial charge in [0.1, 0.15) is 5.15 Å². The molecule has 8 heteroatoms. The first-order valence-corrected chi connectivity index (χ1v) is 8.38. The van der Waals surface area contributed by atoms with Gasteiger partial charge in [-0.05, 0) is 38.8 Å². The highest BCUT2D eigenvalue weighted by Gasteiger charge is 2.22. The van der Waals surface area contributed by atoms with Crippen LogP contribution in [0.25, 0.3) is 6.08 Å². The van der Waals surface area contributed by atoms with E-state index in [9.17, 15) is 4.79 Å². The number of piperidine rings is 1. The van der Waals surface area contributed by atoms with Crippen molar-refractivity contribution in [2.24, 2.45) is 12.8 Å². The van der Waals surface area contributed by atoms with Crippen LogP contribution in [0.5, 0.6) is 0 Å². The first kappa shape index (κ1) is 21.0. The number of carbonyl (C=O) groups is 1. The van der Waals surface area contributed by atoms with Crippen molar-refractivity contribution >= 4 is 36.0 Å². The second kappa shape index (κ2) is 10.0. The van der Waals surface area contributed by atoms with E-state index < -0.39 is 0 Å². The Morgan fingerprint density at radius 2 is 2.12 bits per heavy atom. The van der Waals surface area contributed by atoms with Crippen LogP contribution < -0.4 is 5.73 Å². The number of ether oxygens (including phenoxy) is 1. The molecule has 2 rings (SSSR count). The van der Waals surface area contributed by atoms with Crippen molar-refractivity contribution in [3.05, 3.63) is 22.5 Å². The molecule has 0 radical (unpaired) electrons. The van der Waals surface area contributed by atoms with E-state index in [-0.39, 0.29) is 24.4 Å². The van der Waals surface area contributed by atoms with Gasteiger partial charge in [0.15, 0.2) is 0 Å². The molecule has 0 spiro atoms. The lowest BCUT2D eigenvalue weighted by atomic mass is 10.1. The fourth-order valence-corrected chi connectivity index (χ4v) is 2.91. The van der Waals surface area contributed by atoms with Crippen molar-refractivity contribution in [1.29, 1.82) is 0 Å². The van der Waals surface area contributed by atoms with Crippen molar-refractivity contribution in [3.63, 3.8) is 0 Å².